The molecule has 0 N–H and O–H groups in total. The summed E-state index contributed by atoms with van der Waals surface area (Å²) in [4.78, 5) is 22.6. The Bertz CT molecular complexity index is 441. The lowest BCUT2D eigenvalue weighted by molar-refractivity contribution is -0.239. The van der Waals surface area contributed by atoms with Gasteiger partial charge in [-0.3, -0.25) is 9.59 Å². The molecule has 9 heteroatoms. The van der Waals surface area contributed by atoms with Gasteiger partial charge in [-0.1, -0.05) is 11.8 Å². The largest absolute Gasteiger partial charge is 0.466 e. The average molecular weight is 336 g/mol. The van der Waals surface area contributed by atoms with Crippen LogP contribution in [0.4, 0.5) is 0 Å². The molecule has 0 radical (unpaired) electrons. The van der Waals surface area contributed by atoms with Crippen molar-refractivity contribution in [2.75, 3.05) is 12.9 Å². The lowest BCUT2D eigenvalue weighted by Gasteiger charge is -2.39. The van der Waals surface area contributed by atoms with E-state index in [1.54, 1.807) is 6.26 Å². The van der Waals surface area contributed by atoms with E-state index in [4.69, 9.17) is 35.9 Å². The van der Waals surface area contributed by atoms with Crippen LogP contribution in [0.3, 0.4) is 0 Å². The molecule has 118 valence electrons. The Morgan fingerprint density at radius 1 is 1.10 bits per heavy atom. The summed E-state index contributed by atoms with van der Waals surface area (Å²) in [5, 5.41) is 0. The van der Waals surface area contributed by atoms with Gasteiger partial charge in [-0.2, -0.15) is 0 Å². The second-order valence-corrected chi connectivity index (χ2v) is 5.97. The van der Waals surface area contributed by atoms with Crippen LogP contribution in [0.25, 0.3) is 0 Å². The molecule has 0 aromatic carbocycles. The number of hydrogen-bond donors (Lipinski definition) is 0. The minimum atomic E-state index is -0.831. The Hall–Kier alpha value is -0.900. The molecule has 0 unspecified atom stereocenters. The fraction of sp³-hybridized carbons (Fsp3) is 0.750. The van der Waals surface area contributed by atoms with Gasteiger partial charge in [-0.25, -0.2) is 0 Å². The average Bonchev–Trinajstić information content (AvgIpc) is 2.83. The summed E-state index contributed by atoms with van der Waals surface area (Å²) in [7, 11) is 0. The van der Waals surface area contributed by atoms with Crippen LogP contribution < -0.4 is 0 Å². The van der Waals surface area contributed by atoms with Crippen molar-refractivity contribution in [3.05, 3.63) is 0 Å². The summed E-state index contributed by atoms with van der Waals surface area (Å²) in [5.74, 6) is -1.01. The van der Waals surface area contributed by atoms with E-state index in [-0.39, 0.29) is 11.0 Å². The van der Waals surface area contributed by atoms with Gasteiger partial charge in [0.2, 0.25) is 4.38 Å². The number of rotatable bonds is 3. The van der Waals surface area contributed by atoms with Crippen molar-refractivity contribution in [2.45, 2.75) is 44.6 Å². The van der Waals surface area contributed by atoms with Crippen molar-refractivity contribution in [1.29, 1.82) is 0 Å². The SMILES string of the molecule is CSC(=S)O[C@@H]1[C@@H]2OC[C@@H](O2)[C@@H](OC(C)=O)[C@H]1OC(C)=O. The second kappa shape index (κ2) is 6.91. The molecule has 0 saturated carbocycles. The number of hydrogen-bond acceptors (Lipinski definition) is 9. The highest BCUT2D eigenvalue weighted by atomic mass is 32.2. The molecule has 0 amide bonds. The van der Waals surface area contributed by atoms with Crippen molar-refractivity contribution in [1.82, 2.24) is 0 Å². The van der Waals surface area contributed by atoms with E-state index in [0.717, 1.165) is 0 Å². The Morgan fingerprint density at radius 2 is 1.71 bits per heavy atom. The van der Waals surface area contributed by atoms with Gasteiger partial charge in [0.1, 0.15) is 6.10 Å². The number of ether oxygens (including phenoxy) is 5. The van der Waals surface area contributed by atoms with Gasteiger partial charge in [0, 0.05) is 13.8 Å². The Morgan fingerprint density at radius 3 is 2.29 bits per heavy atom. The molecule has 2 aliphatic rings. The molecule has 5 atom stereocenters. The predicted octanol–water partition coefficient (Wildman–Crippen LogP) is 0.638. The molecule has 2 fully saturated rings. The monoisotopic (exact) mass is 336 g/mol. The van der Waals surface area contributed by atoms with E-state index in [0.29, 0.717) is 0 Å². The van der Waals surface area contributed by atoms with E-state index in [1.165, 1.54) is 25.6 Å². The summed E-state index contributed by atoms with van der Waals surface area (Å²) < 4.78 is 27.4. The van der Waals surface area contributed by atoms with E-state index in [1.807, 2.05) is 0 Å². The van der Waals surface area contributed by atoms with Crippen molar-refractivity contribution >= 4 is 40.3 Å². The zero-order valence-electron chi connectivity index (χ0n) is 11.8. The normalized spacial score (nSPS) is 34.1. The first kappa shape index (κ1) is 16.5. The zero-order chi connectivity index (χ0) is 15.6. The van der Waals surface area contributed by atoms with Crippen molar-refractivity contribution < 1.29 is 33.3 Å². The van der Waals surface area contributed by atoms with Crippen molar-refractivity contribution in [3.8, 4) is 0 Å². The second-order valence-electron chi connectivity index (χ2n) is 4.56. The van der Waals surface area contributed by atoms with Crippen LogP contribution in [0, 0.1) is 0 Å². The fourth-order valence-corrected chi connectivity index (χ4v) is 2.60. The van der Waals surface area contributed by atoms with Crippen molar-refractivity contribution in [3.63, 3.8) is 0 Å². The highest BCUT2D eigenvalue weighted by molar-refractivity contribution is 8.22. The van der Waals surface area contributed by atoms with Crippen molar-refractivity contribution in [2.24, 2.45) is 0 Å². The Labute approximate surface area is 131 Å². The maximum atomic E-state index is 11.3. The summed E-state index contributed by atoms with van der Waals surface area (Å²) in [6.45, 7) is 2.77. The van der Waals surface area contributed by atoms with Crippen LogP contribution in [0.5, 0.6) is 0 Å². The number of thioether (sulfide) groups is 1. The number of esters is 2. The molecular formula is C12H16O7S2. The van der Waals surface area contributed by atoms with E-state index in [9.17, 15) is 9.59 Å². The minimum Gasteiger partial charge on any atom is -0.466 e. The topological polar surface area (TPSA) is 80.3 Å². The van der Waals surface area contributed by atoms with Gasteiger partial charge in [-0.05, 0) is 18.5 Å². The van der Waals surface area contributed by atoms with E-state index in [2.05, 4.69) is 0 Å². The van der Waals surface area contributed by atoms with Gasteiger partial charge in [-0.15, -0.1) is 0 Å². The van der Waals surface area contributed by atoms with Gasteiger partial charge < -0.3 is 23.7 Å². The number of thiocarbonyl (C=S) groups is 1. The maximum absolute atomic E-state index is 11.3. The first-order valence-corrected chi connectivity index (χ1v) is 7.91. The molecule has 0 aromatic heterocycles. The molecule has 21 heavy (non-hydrogen) atoms. The minimum absolute atomic E-state index is 0.228. The fourth-order valence-electron chi connectivity index (χ4n) is 2.28. The summed E-state index contributed by atoms with van der Waals surface area (Å²) in [6.07, 6.45) is -1.85. The number of fused-ring (bicyclic) bond motifs is 2. The van der Waals surface area contributed by atoms with Gasteiger partial charge in [0.15, 0.2) is 24.6 Å². The summed E-state index contributed by atoms with van der Waals surface area (Å²) in [5.41, 5.74) is 0. The van der Waals surface area contributed by atoms with Crippen LogP contribution >= 0.6 is 24.0 Å². The zero-order valence-corrected chi connectivity index (χ0v) is 13.4. The third-order valence-corrected chi connectivity index (χ3v) is 4.04. The highest BCUT2D eigenvalue weighted by Crippen LogP contribution is 2.34. The number of carbonyl (C=O) groups is 2. The van der Waals surface area contributed by atoms with Crippen LogP contribution in [0.1, 0.15) is 13.8 Å². The van der Waals surface area contributed by atoms with Gasteiger partial charge in [0.05, 0.1) is 6.61 Å². The first-order chi connectivity index (χ1) is 9.92. The van der Waals surface area contributed by atoms with Crippen LogP contribution in [-0.2, 0) is 33.3 Å². The van der Waals surface area contributed by atoms with Crippen LogP contribution in [-0.4, -0.2) is 59.9 Å². The maximum Gasteiger partial charge on any atom is 0.303 e. The predicted molar refractivity (Wildman–Crippen MR) is 76.7 cm³/mol. The molecule has 2 aliphatic heterocycles. The molecule has 0 spiro atoms. The van der Waals surface area contributed by atoms with Crippen LogP contribution in [0.2, 0.25) is 0 Å². The lowest BCUT2D eigenvalue weighted by atomic mass is 10.0. The standard InChI is InChI=1S/C12H16O7S2/c1-5(13)16-8-7-4-15-11(18-7)10(19-12(20)21-3)9(8)17-6(2)14/h7-11H,4H2,1-3H3/t7-,8-,9-,10+,11-/m1/s1. The molecule has 0 aliphatic carbocycles. The third-order valence-electron chi connectivity index (χ3n) is 3.02. The molecule has 2 saturated heterocycles. The smallest absolute Gasteiger partial charge is 0.303 e. The van der Waals surface area contributed by atoms with Gasteiger partial charge >= 0.3 is 11.9 Å². The number of carbonyl (C=O) groups excluding carboxylic acids is 2. The summed E-state index contributed by atoms with van der Waals surface area (Å²) in [6, 6.07) is 0. The Kier molecular flexibility index (Phi) is 5.42. The van der Waals surface area contributed by atoms with E-state index < -0.39 is 42.6 Å². The quantitative estimate of drug-likeness (QED) is 0.545. The van der Waals surface area contributed by atoms with E-state index >= 15 is 0 Å². The Balaban J connectivity index is 2.23. The molecule has 7 nitrogen and oxygen atoms in total. The molecule has 2 heterocycles. The lowest BCUT2D eigenvalue weighted by Crippen LogP contribution is -2.58. The highest BCUT2D eigenvalue weighted by Gasteiger charge is 2.55. The van der Waals surface area contributed by atoms with Gasteiger partial charge in [0.25, 0.3) is 0 Å². The molecular weight excluding hydrogens is 320 g/mol. The molecule has 2 rings (SSSR count). The molecule has 0 aromatic rings. The third kappa shape index (κ3) is 3.85. The summed E-state index contributed by atoms with van der Waals surface area (Å²) >= 11 is 6.26. The molecule has 2 bridgehead atoms. The first-order valence-electron chi connectivity index (χ1n) is 6.28. The van der Waals surface area contributed by atoms with Crippen LogP contribution in [0.15, 0.2) is 0 Å².